The number of ether oxygens (including phenoxy) is 1. The summed E-state index contributed by atoms with van der Waals surface area (Å²) in [4.78, 5) is 24.8. The maximum absolute atomic E-state index is 12.5. The summed E-state index contributed by atoms with van der Waals surface area (Å²) >= 11 is 0. The van der Waals surface area contributed by atoms with Crippen LogP contribution in [-0.4, -0.2) is 17.0 Å². The van der Waals surface area contributed by atoms with Crippen LogP contribution in [0.1, 0.15) is 49.4 Å². The number of nitrogens with one attached hydrogen (secondary N) is 1. The third-order valence-electron chi connectivity index (χ3n) is 4.52. The highest BCUT2D eigenvalue weighted by molar-refractivity contribution is 5.97. The Morgan fingerprint density at radius 3 is 2.74 bits per heavy atom. The standard InChI is InChI=1S/C21H18N2O4/c1-13-9-17(23-27-13)12-22-20(24)15-7-8-18-16(10-15)11-19(26-21(18)25)14-5-3-2-4-6-14/h2-10,19H,11-12H2,1H3,(H,22,24)/t19-/m0/s1. The molecule has 3 aromatic rings. The number of nitrogens with zero attached hydrogens (tertiary/aromatic N) is 1. The molecule has 0 radical (unpaired) electrons. The maximum Gasteiger partial charge on any atom is 0.339 e. The fourth-order valence-electron chi connectivity index (χ4n) is 3.16. The van der Waals surface area contributed by atoms with Gasteiger partial charge >= 0.3 is 5.97 Å². The predicted molar refractivity (Wildman–Crippen MR) is 97.2 cm³/mol. The van der Waals surface area contributed by atoms with Gasteiger partial charge in [-0.05, 0) is 36.2 Å². The Morgan fingerprint density at radius 2 is 2.00 bits per heavy atom. The molecule has 6 nitrogen and oxygen atoms in total. The molecular formula is C21H18N2O4. The predicted octanol–water partition coefficient (Wildman–Crippen LogP) is 3.37. The smallest absolute Gasteiger partial charge is 0.339 e. The van der Waals surface area contributed by atoms with E-state index < -0.39 is 0 Å². The number of rotatable bonds is 4. The lowest BCUT2D eigenvalue weighted by molar-refractivity contribution is 0.0252. The Bertz CT molecular complexity index is 994. The van der Waals surface area contributed by atoms with Crippen LogP contribution in [0.5, 0.6) is 0 Å². The maximum atomic E-state index is 12.5. The first-order chi connectivity index (χ1) is 13.1. The minimum atomic E-state index is -0.366. The van der Waals surface area contributed by atoms with Gasteiger partial charge in [0.05, 0.1) is 12.1 Å². The molecule has 0 saturated carbocycles. The van der Waals surface area contributed by atoms with Crippen LogP contribution >= 0.6 is 0 Å². The number of aromatic nitrogens is 1. The number of cyclic esters (lactones) is 1. The minimum absolute atomic E-state index is 0.228. The summed E-state index contributed by atoms with van der Waals surface area (Å²) in [6, 6.07) is 16.4. The van der Waals surface area contributed by atoms with Crippen molar-refractivity contribution in [2.75, 3.05) is 0 Å². The number of benzene rings is 2. The number of aryl methyl sites for hydroxylation is 1. The van der Waals surface area contributed by atoms with Crippen molar-refractivity contribution >= 4 is 11.9 Å². The number of esters is 1. The molecule has 4 rings (SSSR count). The van der Waals surface area contributed by atoms with E-state index >= 15 is 0 Å². The van der Waals surface area contributed by atoms with Gasteiger partial charge in [-0.1, -0.05) is 35.5 Å². The Kier molecular flexibility index (Phi) is 4.46. The van der Waals surface area contributed by atoms with Crippen molar-refractivity contribution in [2.45, 2.75) is 26.0 Å². The highest BCUT2D eigenvalue weighted by Gasteiger charge is 2.28. The highest BCUT2D eigenvalue weighted by atomic mass is 16.5. The highest BCUT2D eigenvalue weighted by Crippen LogP contribution is 2.31. The average molecular weight is 362 g/mol. The van der Waals surface area contributed by atoms with Crippen LogP contribution in [0.2, 0.25) is 0 Å². The van der Waals surface area contributed by atoms with Gasteiger partial charge < -0.3 is 14.6 Å². The summed E-state index contributed by atoms with van der Waals surface area (Å²) in [6.07, 6.45) is 0.192. The van der Waals surface area contributed by atoms with Gasteiger partial charge in [0.1, 0.15) is 17.6 Å². The summed E-state index contributed by atoms with van der Waals surface area (Å²) in [5.41, 5.74) is 3.41. The number of hydrogen-bond acceptors (Lipinski definition) is 5. The quantitative estimate of drug-likeness (QED) is 0.720. The summed E-state index contributed by atoms with van der Waals surface area (Å²) in [5, 5.41) is 6.67. The zero-order valence-electron chi connectivity index (χ0n) is 14.8. The van der Waals surface area contributed by atoms with Crippen molar-refractivity contribution in [1.29, 1.82) is 0 Å². The van der Waals surface area contributed by atoms with Crippen molar-refractivity contribution in [2.24, 2.45) is 0 Å². The van der Waals surface area contributed by atoms with E-state index in [0.29, 0.717) is 29.0 Å². The molecule has 27 heavy (non-hydrogen) atoms. The van der Waals surface area contributed by atoms with Crippen molar-refractivity contribution in [3.63, 3.8) is 0 Å². The lowest BCUT2D eigenvalue weighted by atomic mass is 9.93. The molecular weight excluding hydrogens is 344 g/mol. The normalized spacial score (nSPS) is 15.7. The van der Waals surface area contributed by atoms with Gasteiger partial charge in [0.15, 0.2) is 0 Å². The molecule has 1 aliphatic rings. The van der Waals surface area contributed by atoms with E-state index in [4.69, 9.17) is 9.26 Å². The molecule has 2 aromatic carbocycles. The molecule has 0 saturated heterocycles. The molecule has 6 heteroatoms. The molecule has 1 aliphatic heterocycles. The first-order valence-electron chi connectivity index (χ1n) is 8.69. The number of carbonyl (C=O) groups excluding carboxylic acids is 2. The summed E-state index contributed by atoms with van der Waals surface area (Å²) in [7, 11) is 0. The van der Waals surface area contributed by atoms with Gasteiger partial charge in [-0.25, -0.2) is 4.79 Å². The van der Waals surface area contributed by atoms with E-state index in [2.05, 4.69) is 10.5 Å². The van der Waals surface area contributed by atoms with Crippen molar-refractivity contribution in [3.8, 4) is 0 Å². The fraction of sp³-hybridized carbons (Fsp3) is 0.190. The lowest BCUT2D eigenvalue weighted by Gasteiger charge is -2.25. The Balaban J connectivity index is 1.52. The van der Waals surface area contributed by atoms with E-state index in [9.17, 15) is 9.59 Å². The van der Waals surface area contributed by atoms with Gasteiger partial charge in [0.2, 0.25) is 0 Å². The monoisotopic (exact) mass is 362 g/mol. The first-order valence-corrected chi connectivity index (χ1v) is 8.69. The molecule has 2 heterocycles. The summed E-state index contributed by atoms with van der Waals surface area (Å²) in [5.74, 6) is 0.0993. The molecule has 0 fully saturated rings. The third kappa shape index (κ3) is 3.60. The van der Waals surface area contributed by atoms with E-state index in [1.54, 1.807) is 31.2 Å². The van der Waals surface area contributed by atoms with Crippen LogP contribution < -0.4 is 5.32 Å². The van der Waals surface area contributed by atoms with E-state index in [0.717, 1.165) is 11.1 Å². The van der Waals surface area contributed by atoms with Crippen molar-refractivity contribution in [3.05, 3.63) is 88.3 Å². The number of amides is 1. The minimum Gasteiger partial charge on any atom is -0.454 e. The number of hydrogen-bond donors (Lipinski definition) is 1. The van der Waals surface area contributed by atoms with Crippen LogP contribution in [0.15, 0.2) is 59.1 Å². The van der Waals surface area contributed by atoms with Gasteiger partial charge in [-0.15, -0.1) is 0 Å². The Morgan fingerprint density at radius 1 is 1.19 bits per heavy atom. The van der Waals surface area contributed by atoms with E-state index in [1.165, 1.54) is 0 Å². The zero-order valence-corrected chi connectivity index (χ0v) is 14.8. The summed E-state index contributed by atoms with van der Waals surface area (Å²) in [6.45, 7) is 2.08. The fourth-order valence-corrected chi connectivity index (χ4v) is 3.16. The van der Waals surface area contributed by atoms with E-state index in [-0.39, 0.29) is 24.5 Å². The second kappa shape index (κ2) is 7.07. The van der Waals surface area contributed by atoms with Gasteiger partial charge in [0, 0.05) is 18.1 Å². The molecule has 0 aliphatic carbocycles. The Hall–Kier alpha value is -3.41. The number of carbonyl (C=O) groups is 2. The van der Waals surface area contributed by atoms with Crippen LogP contribution in [0.25, 0.3) is 0 Å². The SMILES string of the molecule is Cc1cc(CNC(=O)c2ccc3c(c2)C[C@@H](c2ccccc2)OC3=O)no1. The van der Waals surface area contributed by atoms with Gasteiger partial charge in [0.25, 0.3) is 5.91 Å². The second-order valence-corrected chi connectivity index (χ2v) is 6.49. The molecule has 1 N–H and O–H groups in total. The lowest BCUT2D eigenvalue weighted by Crippen LogP contribution is -2.25. The Labute approximate surface area is 156 Å². The molecule has 1 atom stereocenters. The molecule has 0 spiro atoms. The molecule has 1 aromatic heterocycles. The topological polar surface area (TPSA) is 81.4 Å². The van der Waals surface area contributed by atoms with E-state index in [1.807, 2.05) is 30.3 Å². The molecule has 0 unspecified atom stereocenters. The van der Waals surface area contributed by atoms with Crippen LogP contribution in [0.4, 0.5) is 0 Å². The second-order valence-electron chi connectivity index (χ2n) is 6.49. The van der Waals surface area contributed by atoms with Gasteiger partial charge in [-0.2, -0.15) is 0 Å². The molecule has 0 bridgehead atoms. The van der Waals surface area contributed by atoms with Crippen LogP contribution in [0.3, 0.4) is 0 Å². The van der Waals surface area contributed by atoms with Crippen LogP contribution in [0, 0.1) is 6.92 Å². The largest absolute Gasteiger partial charge is 0.454 e. The molecule has 1 amide bonds. The third-order valence-corrected chi connectivity index (χ3v) is 4.52. The van der Waals surface area contributed by atoms with Crippen molar-refractivity contribution in [1.82, 2.24) is 10.5 Å². The number of fused-ring (bicyclic) bond motifs is 1. The molecule has 136 valence electrons. The zero-order chi connectivity index (χ0) is 18.8. The van der Waals surface area contributed by atoms with Crippen LogP contribution in [-0.2, 0) is 17.7 Å². The summed E-state index contributed by atoms with van der Waals surface area (Å²) < 4.78 is 10.5. The van der Waals surface area contributed by atoms with Crippen molar-refractivity contribution < 1.29 is 18.8 Å². The first kappa shape index (κ1) is 17.0. The van der Waals surface area contributed by atoms with Gasteiger partial charge in [-0.3, -0.25) is 4.79 Å². The average Bonchev–Trinajstić information content (AvgIpc) is 3.11.